The lowest BCUT2D eigenvalue weighted by atomic mass is 9.98. The lowest BCUT2D eigenvalue weighted by Gasteiger charge is -2.29. The summed E-state index contributed by atoms with van der Waals surface area (Å²) >= 11 is 0. The maximum Gasteiger partial charge on any atom is 0.127 e. The highest BCUT2D eigenvalue weighted by atomic mass is 19.1. The van der Waals surface area contributed by atoms with Crippen LogP contribution in [0, 0.1) is 11.7 Å². The van der Waals surface area contributed by atoms with Crippen LogP contribution in [0.3, 0.4) is 0 Å². The number of nitrogens with zero attached hydrogens (tertiary/aromatic N) is 1. The van der Waals surface area contributed by atoms with Crippen LogP contribution >= 0.6 is 0 Å². The quantitative estimate of drug-likeness (QED) is 0.777. The van der Waals surface area contributed by atoms with Gasteiger partial charge in [-0.3, -0.25) is 0 Å². The van der Waals surface area contributed by atoms with Gasteiger partial charge in [0.05, 0.1) is 0 Å². The smallest absolute Gasteiger partial charge is 0.127 e. The van der Waals surface area contributed by atoms with Crippen LogP contribution in [-0.2, 0) is 6.54 Å². The van der Waals surface area contributed by atoms with Gasteiger partial charge in [0, 0.05) is 24.7 Å². The lowest BCUT2D eigenvalue weighted by Crippen LogP contribution is -2.43. The summed E-state index contributed by atoms with van der Waals surface area (Å²) in [7, 11) is 2.05. The van der Waals surface area contributed by atoms with Gasteiger partial charge in [-0.2, -0.15) is 0 Å². The van der Waals surface area contributed by atoms with Gasteiger partial charge in [0.2, 0.25) is 0 Å². The molecular formula is C16H27FN2. The van der Waals surface area contributed by atoms with E-state index in [4.69, 9.17) is 0 Å². The average molecular weight is 266 g/mol. The van der Waals surface area contributed by atoms with Crippen LogP contribution in [0.4, 0.5) is 4.39 Å². The molecule has 0 spiro atoms. The van der Waals surface area contributed by atoms with Crippen molar-refractivity contribution in [3.05, 3.63) is 35.6 Å². The van der Waals surface area contributed by atoms with Crippen molar-refractivity contribution >= 4 is 0 Å². The lowest BCUT2D eigenvalue weighted by molar-refractivity contribution is 0.238. The maximum atomic E-state index is 13.6. The molecule has 0 saturated carbocycles. The van der Waals surface area contributed by atoms with Crippen molar-refractivity contribution in [2.75, 3.05) is 20.1 Å². The zero-order valence-corrected chi connectivity index (χ0v) is 12.6. The first-order valence-corrected chi connectivity index (χ1v) is 7.23. The molecule has 1 N–H and O–H groups in total. The van der Waals surface area contributed by atoms with E-state index in [-0.39, 0.29) is 5.82 Å². The highest BCUT2D eigenvalue weighted by molar-refractivity contribution is 5.17. The van der Waals surface area contributed by atoms with Crippen molar-refractivity contribution in [3.63, 3.8) is 0 Å². The van der Waals surface area contributed by atoms with Crippen molar-refractivity contribution in [3.8, 4) is 0 Å². The normalized spacial score (nSPS) is 14.6. The summed E-state index contributed by atoms with van der Waals surface area (Å²) in [5.41, 5.74) is 0.768. The first-order chi connectivity index (χ1) is 9.08. The van der Waals surface area contributed by atoms with Gasteiger partial charge in [-0.25, -0.2) is 4.39 Å². The predicted octanol–water partition coefficient (Wildman–Crippen LogP) is 3.28. The molecule has 0 aliphatic heterocycles. The summed E-state index contributed by atoms with van der Waals surface area (Å²) in [4.78, 5) is 2.19. The fraction of sp³-hybridized carbons (Fsp3) is 0.625. The van der Waals surface area contributed by atoms with E-state index in [2.05, 4.69) is 38.0 Å². The average Bonchev–Trinajstić information content (AvgIpc) is 2.40. The first-order valence-electron chi connectivity index (χ1n) is 7.23. The Balaban J connectivity index is 2.57. The van der Waals surface area contributed by atoms with Gasteiger partial charge in [0.15, 0.2) is 0 Å². The minimum atomic E-state index is -0.113. The molecule has 0 aliphatic carbocycles. The number of likely N-dealkylation sites (N-methyl/N-ethyl adjacent to an activating group) is 2. The summed E-state index contributed by atoms with van der Waals surface area (Å²) in [6, 6.07) is 7.48. The van der Waals surface area contributed by atoms with Gasteiger partial charge in [-0.1, -0.05) is 45.4 Å². The zero-order chi connectivity index (χ0) is 14.3. The molecule has 19 heavy (non-hydrogen) atoms. The van der Waals surface area contributed by atoms with Crippen molar-refractivity contribution in [2.45, 2.75) is 39.8 Å². The molecule has 1 aromatic rings. The third-order valence-corrected chi connectivity index (χ3v) is 3.70. The highest BCUT2D eigenvalue weighted by Crippen LogP contribution is 2.12. The van der Waals surface area contributed by atoms with Crippen molar-refractivity contribution < 1.29 is 4.39 Å². The minimum absolute atomic E-state index is 0.113. The van der Waals surface area contributed by atoms with Crippen molar-refractivity contribution in [1.29, 1.82) is 0 Å². The molecule has 0 aromatic heterocycles. The van der Waals surface area contributed by atoms with E-state index in [1.54, 1.807) is 6.07 Å². The molecular weight excluding hydrogens is 239 g/mol. The summed E-state index contributed by atoms with van der Waals surface area (Å²) in [5.74, 6) is 0.515. The van der Waals surface area contributed by atoms with E-state index in [1.807, 2.05) is 12.1 Å². The monoisotopic (exact) mass is 266 g/mol. The Kier molecular flexibility index (Phi) is 7.03. The third kappa shape index (κ3) is 5.29. The molecule has 0 heterocycles. The molecule has 0 aliphatic rings. The molecule has 1 aromatic carbocycles. The standard InChI is InChI=1S/C16H27FN2/c1-5-13(3)16(18-6-2)12-19(4)11-14-9-7-8-10-15(14)17/h7-10,13,16,18H,5-6,11-12H2,1-4H3. The van der Waals surface area contributed by atoms with Crippen LogP contribution < -0.4 is 5.32 Å². The van der Waals surface area contributed by atoms with Crippen LogP contribution in [0.25, 0.3) is 0 Å². The molecule has 1 rings (SSSR count). The Morgan fingerprint density at radius 1 is 1.26 bits per heavy atom. The molecule has 3 heteroatoms. The maximum absolute atomic E-state index is 13.6. The Labute approximate surface area is 117 Å². The molecule has 108 valence electrons. The number of hydrogen-bond donors (Lipinski definition) is 1. The third-order valence-electron chi connectivity index (χ3n) is 3.70. The molecule has 0 saturated heterocycles. The van der Waals surface area contributed by atoms with Crippen LogP contribution in [0.5, 0.6) is 0 Å². The number of benzene rings is 1. The van der Waals surface area contributed by atoms with Crippen LogP contribution in [0.1, 0.15) is 32.8 Å². The fourth-order valence-electron chi connectivity index (χ4n) is 2.31. The number of halogens is 1. The van der Waals surface area contributed by atoms with E-state index in [0.29, 0.717) is 18.5 Å². The van der Waals surface area contributed by atoms with Crippen LogP contribution in [0.2, 0.25) is 0 Å². The van der Waals surface area contributed by atoms with Gasteiger partial charge in [-0.05, 0) is 25.6 Å². The Bertz CT molecular complexity index is 368. The Morgan fingerprint density at radius 3 is 2.53 bits per heavy atom. The van der Waals surface area contributed by atoms with Crippen molar-refractivity contribution in [1.82, 2.24) is 10.2 Å². The molecule has 0 amide bonds. The van der Waals surface area contributed by atoms with E-state index in [9.17, 15) is 4.39 Å². The first kappa shape index (κ1) is 16.1. The molecule has 2 nitrogen and oxygen atoms in total. The molecule has 0 radical (unpaired) electrons. The predicted molar refractivity (Wildman–Crippen MR) is 79.7 cm³/mol. The van der Waals surface area contributed by atoms with E-state index >= 15 is 0 Å². The molecule has 0 fully saturated rings. The minimum Gasteiger partial charge on any atom is -0.313 e. The molecule has 2 atom stereocenters. The van der Waals surface area contributed by atoms with Gasteiger partial charge >= 0.3 is 0 Å². The SMILES string of the molecule is CCNC(CN(C)Cc1ccccc1F)C(C)CC. The summed E-state index contributed by atoms with van der Waals surface area (Å²) in [5, 5.41) is 3.53. The molecule has 2 unspecified atom stereocenters. The second-order valence-electron chi connectivity index (χ2n) is 5.34. The summed E-state index contributed by atoms with van der Waals surface area (Å²) < 4.78 is 13.6. The second kappa shape index (κ2) is 8.28. The number of nitrogens with one attached hydrogen (secondary N) is 1. The van der Waals surface area contributed by atoms with Gasteiger partial charge in [0.1, 0.15) is 5.82 Å². The van der Waals surface area contributed by atoms with Gasteiger partial charge < -0.3 is 10.2 Å². The Morgan fingerprint density at radius 2 is 1.95 bits per heavy atom. The van der Waals surface area contributed by atoms with Crippen LogP contribution in [0.15, 0.2) is 24.3 Å². The fourth-order valence-corrected chi connectivity index (χ4v) is 2.31. The van der Waals surface area contributed by atoms with Crippen LogP contribution in [-0.4, -0.2) is 31.1 Å². The number of rotatable bonds is 8. The van der Waals surface area contributed by atoms with E-state index in [1.165, 1.54) is 6.07 Å². The second-order valence-corrected chi connectivity index (χ2v) is 5.34. The summed E-state index contributed by atoms with van der Waals surface area (Å²) in [6.07, 6.45) is 1.16. The number of hydrogen-bond acceptors (Lipinski definition) is 2. The zero-order valence-electron chi connectivity index (χ0n) is 12.6. The summed E-state index contributed by atoms with van der Waals surface area (Å²) in [6.45, 7) is 9.19. The largest absolute Gasteiger partial charge is 0.313 e. The molecule has 0 bridgehead atoms. The van der Waals surface area contributed by atoms with Crippen molar-refractivity contribution in [2.24, 2.45) is 5.92 Å². The van der Waals surface area contributed by atoms with E-state index < -0.39 is 0 Å². The van der Waals surface area contributed by atoms with E-state index in [0.717, 1.165) is 25.1 Å². The van der Waals surface area contributed by atoms with Gasteiger partial charge in [-0.15, -0.1) is 0 Å². The van der Waals surface area contributed by atoms with Gasteiger partial charge in [0.25, 0.3) is 0 Å². The highest BCUT2D eigenvalue weighted by Gasteiger charge is 2.17. The topological polar surface area (TPSA) is 15.3 Å². The Hall–Kier alpha value is -0.930.